The summed E-state index contributed by atoms with van der Waals surface area (Å²) in [4.78, 5) is 24.7. The van der Waals surface area contributed by atoms with E-state index in [0.29, 0.717) is 24.5 Å². The molecule has 190 valence electrons. The van der Waals surface area contributed by atoms with E-state index in [1.54, 1.807) is 0 Å². The molecule has 2 aromatic heterocycles. The molecule has 0 saturated heterocycles. The summed E-state index contributed by atoms with van der Waals surface area (Å²) in [6.07, 6.45) is -4.07. The molecule has 4 fully saturated rings. The number of anilines is 1. The highest BCUT2D eigenvalue weighted by Gasteiger charge is 2.58. The normalized spacial score (nSPS) is 29.3. The smallest absolute Gasteiger partial charge is 0.443 e. The molecule has 2 aromatic rings. The average Bonchev–Trinajstić information content (AvgIpc) is 3.41. The first kappa shape index (κ1) is 23.6. The minimum Gasteiger partial charge on any atom is -0.443 e. The number of aromatic amines is 1. The SMILES string of the molecule is Cn1nc(COC(F)(F)F)cc1C(=O)Nc1cc([C@H]2CC[C@@H](OC(=O)NC34CC(C3)C4)[C@@H]2F)[nH]n1. The molecule has 0 radical (unpaired) electrons. The fraction of sp³-hybridized carbons (Fsp3) is 0.619. The van der Waals surface area contributed by atoms with Gasteiger partial charge < -0.3 is 15.4 Å². The maximum atomic E-state index is 15.0. The molecule has 2 bridgehead atoms. The Balaban J connectivity index is 1.15. The van der Waals surface area contributed by atoms with Gasteiger partial charge in [0.2, 0.25) is 0 Å². The van der Waals surface area contributed by atoms with E-state index in [1.807, 2.05) is 0 Å². The van der Waals surface area contributed by atoms with Crippen molar-refractivity contribution in [3.63, 3.8) is 0 Å². The van der Waals surface area contributed by atoms with Crippen LogP contribution in [0.25, 0.3) is 0 Å². The third-order valence-electron chi connectivity index (χ3n) is 6.95. The highest BCUT2D eigenvalue weighted by atomic mass is 19.4. The minimum atomic E-state index is -4.82. The molecule has 4 aliphatic rings. The number of alkyl carbamates (subject to hydrolysis) is 1. The number of alkyl halides is 4. The Hall–Kier alpha value is -3.16. The van der Waals surface area contributed by atoms with Crippen molar-refractivity contribution in [1.82, 2.24) is 25.3 Å². The summed E-state index contributed by atoms with van der Waals surface area (Å²) < 4.78 is 61.9. The number of ether oxygens (including phenoxy) is 2. The number of rotatable bonds is 7. The zero-order valence-corrected chi connectivity index (χ0v) is 18.7. The van der Waals surface area contributed by atoms with Crippen molar-refractivity contribution in [3.8, 4) is 0 Å². The molecule has 6 rings (SSSR count). The number of nitrogens with one attached hydrogen (secondary N) is 3. The van der Waals surface area contributed by atoms with Crippen LogP contribution in [-0.4, -0.2) is 56.2 Å². The number of halogens is 4. The van der Waals surface area contributed by atoms with Gasteiger partial charge in [-0.25, -0.2) is 9.18 Å². The number of nitrogens with zero attached hydrogens (tertiary/aromatic N) is 3. The summed E-state index contributed by atoms with van der Waals surface area (Å²) in [6, 6.07) is 2.65. The highest BCUT2D eigenvalue weighted by molar-refractivity contribution is 6.02. The van der Waals surface area contributed by atoms with Crippen LogP contribution in [0.15, 0.2) is 12.1 Å². The van der Waals surface area contributed by atoms with Crippen molar-refractivity contribution < 1.29 is 36.6 Å². The van der Waals surface area contributed by atoms with Crippen molar-refractivity contribution >= 4 is 17.8 Å². The highest BCUT2D eigenvalue weighted by Crippen LogP contribution is 2.57. The molecule has 2 amide bonds. The second-order valence-corrected chi connectivity index (χ2v) is 9.50. The van der Waals surface area contributed by atoms with Gasteiger partial charge in [-0.3, -0.25) is 19.3 Å². The van der Waals surface area contributed by atoms with Gasteiger partial charge in [-0.05, 0) is 44.1 Å². The maximum absolute atomic E-state index is 15.0. The molecule has 0 aliphatic heterocycles. The average molecular weight is 500 g/mol. The molecule has 14 heteroatoms. The Labute approximate surface area is 196 Å². The number of carbonyl (C=O) groups excluding carboxylic acids is 2. The van der Waals surface area contributed by atoms with E-state index < -0.39 is 43.2 Å². The van der Waals surface area contributed by atoms with Crippen molar-refractivity contribution in [3.05, 3.63) is 29.2 Å². The van der Waals surface area contributed by atoms with Crippen LogP contribution < -0.4 is 10.6 Å². The van der Waals surface area contributed by atoms with Crippen molar-refractivity contribution in [2.45, 2.75) is 68.8 Å². The number of aromatic nitrogens is 4. The summed E-state index contributed by atoms with van der Waals surface area (Å²) in [7, 11) is 1.40. The molecule has 10 nitrogen and oxygen atoms in total. The van der Waals surface area contributed by atoms with Crippen LogP contribution in [-0.2, 0) is 23.1 Å². The van der Waals surface area contributed by atoms with Gasteiger partial charge in [-0.15, -0.1) is 13.2 Å². The summed E-state index contributed by atoms with van der Waals surface area (Å²) in [5.41, 5.74) is 0.195. The van der Waals surface area contributed by atoms with Gasteiger partial charge in [-0.1, -0.05) is 0 Å². The molecule has 35 heavy (non-hydrogen) atoms. The lowest BCUT2D eigenvalue weighted by atomic mass is 9.50. The van der Waals surface area contributed by atoms with E-state index in [4.69, 9.17) is 4.74 Å². The molecule has 0 aromatic carbocycles. The number of carbonyl (C=O) groups is 2. The van der Waals surface area contributed by atoms with E-state index in [2.05, 4.69) is 30.7 Å². The number of amides is 2. The van der Waals surface area contributed by atoms with E-state index in [1.165, 1.54) is 19.2 Å². The standard InChI is InChI=1S/C21H24F4N6O4/c1-31-14(4-11(30-31)9-34-21(23,24)25)18(32)26-16-5-13(28-29-16)12-2-3-15(17(12)22)35-19(33)27-20-6-10(7-20)8-20/h4-5,10,12,15,17H,2-3,6-9H2,1H3,(H,27,33)(H2,26,28,29,32)/t10?,12-,15-,17-,20?/m1/s1. The number of hydrogen-bond acceptors (Lipinski definition) is 6. The Bertz CT molecular complexity index is 1110. The van der Waals surface area contributed by atoms with E-state index in [9.17, 15) is 22.8 Å². The zero-order valence-electron chi connectivity index (χ0n) is 18.7. The Morgan fingerprint density at radius 3 is 2.66 bits per heavy atom. The fourth-order valence-corrected chi connectivity index (χ4v) is 5.12. The zero-order chi connectivity index (χ0) is 25.0. The lowest BCUT2D eigenvalue weighted by Crippen LogP contribution is -2.68. The Kier molecular flexibility index (Phi) is 5.73. The lowest BCUT2D eigenvalue weighted by Gasteiger charge is -2.61. The maximum Gasteiger partial charge on any atom is 0.522 e. The second kappa shape index (κ2) is 8.50. The summed E-state index contributed by atoms with van der Waals surface area (Å²) in [5.74, 6) is -0.453. The Morgan fingerprint density at radius 1 is 1.26 bits per heavy atom. The van der Waals surface area contributed by atoms with Gasteiger partial charge in [0, 0.05) is 30.3 Å². The Morgan fingerprint density at radius 2 is 2.00 bits per heavy atom. The van der Waals surface area contributed by atoms with Crippen molar-refractivity contribution in [1.29, 1.82) is 0 Å². The van der Waals surface area contributed by atoms with Crippen LogP contribution in [0, 0.1) is 5.92 Å². The van der Waals surface area contributed by atoms with Crippen LogP contribution in [0.2, 0.25) is 0 Å². The molecular formula is C21H24F4N6O4. The predicted octanol–water partition coefficient (Wildman–Crippen LogP) is 3.29. The van der Waals surface area contributed by atoms with Gasteiger partial charge in [0.05, 0.1) is 5.69 Å². The molecule has 3 N–H and O–H groups in total. The van der Waals surface area contributed by atoms with E-state index in [0.717, 1.165) is 23.9 Å². The summed E-state index contributed by atoms with van der Waals surface area (Å²) in [6.45, 7) is -0.834. The van der Waals surface area contributed by atoms with Crippen LogP contribution in [0.1, 0.15) is 59.9 Å². The third-order valence-corrected chi connectivity index (χ3v) is 6.95. The molecule has 0 spiro atoms. The lowest BCUT2D eigenvalue weighted by molar-refractivity contribution is -0.330. The van der Waals surface area contributed by atoms with Crippen LogP contribution in [0.5, 0.6) is 0 Å². The quantitative estimate of drug-likeness (QED) is 0.502. The predicted molar refractivity (Wildman–Crippen MR) is 111 cm³/mol. The summed E-state index contributed by atoms with van der Waals surface area (Å²) >= 11 is 0. The monoisotopic (exact) mass is 500 g/mol. The molecule has 2 heterocycles. The topological polar surface area (TPSA) is 123 Å². The van der Waals surface area contributed by atoms with E-state index in [-0.39, 0.29) is 22.7 Å². The van der Waals surface area contributed by atoms with Gasteiger partial charge in [0.25, 0.3) is 5.91 Å². The second-order valence-electron chi connectivity index (χ2n) is 9.50. The van der Waals surface area contributed by atoms with Crippen LogP contribution >= 0.6 is 0 Å². The van der Waals surface area contributed by atoms with Crippen molar-refractivity contribution in [2.24, 2.45) is 13.0 Å². The minimum absolute atomic E-state index is 0.0113. The van der Waals surface area contributed by atoms with Crippen LogP contribution in [0.4, 0.5) is 28.2 Å². The van der Waals surface area contributed by atoms with Gasteiger partial charge in [0.1, 0.15) is 24.6 Å². The van der Waals surface area contributed by atoms with Gasteiger partial charge >= 0.3 is 12.5 Å². The summed E-state index contributed by atoms with van der Waals surface area (Å²) in [5, 5.41) is 15.9. The fourth-order valence-electron chi connectivity index (χ4n) is 5.12. The molecule has 0 unspecified atom stereocenters. The molecule has 4 saturated carbocycles. The van der Waals surface area contributed by atoms with Crippen LogP contribution in [0.3, 0.4) is 0 Å². The molecular weight excluding hydrogens is 476 g/mol. The van der Waals surface area contributed by atoms with Crippen molar-refractivity contribution in [2.75, 3.05) is 5.32 Å². The first-order valence-electron chi connectivity index (χ1n) is 11.2. The third kappa shape index (κ3) is 4.83. The number of aryl methyl sites for hydroxylation is 1. The largest absolute Gasteiger partial charge is 0.522 e. The number of H-pyrrole nitrogens is 1. The van der Waals surface area contributed by atoms with Gasteiger partial charge in [0.15, 0.2) is 5.82 Å². The first-order valence-corrected chi connectivity index (χ1v) is 11.2. The first-order chi connectivity index (χ1) is 16.5. The number of hydrogen-bond donors (Lipinski definition) is 3. The van der Waals surface area contributed by atoms with Gasteiger partial charge in [-0.2, -0.15) is 10.2 Å². The molecule has 4 aliphatic carbocycles. The van der Waals surface area contributed by atoms with E-state index >= 15 is 4.39 Å². The molecule has 3 atom stereocenters.